The summed E-state index contributed by atoms with van der Waals surface area (Å²) in [4.78, 5) is 15.0. The Morgan fingerprint density at radius 3 is 2.82 bits per heavy atom. The number of H-pyrrole nitrogens is 1. The van der Waals surface area contributed by atoms with Crippen LogP contribution in [0.1, 0.15) is 24.2 Å². The highest BCUT2D eigenvalue weighted by Crippen LogP contribution is 2.23. The summed E-state index contributed by atoms with van der Waals surface area (Å²) in [7, 11) is 1.61. The lowest BCUT2D eigenvalue weighted by Crippen LogP contribution is -2.29. The number of hydrogen-bond acceptors (Lipinski definition) is 2. The minimum Gasteiger partial charge on any atom is -0.497 e. The third-order valence-electron chi connectivity index (χ3n) is 2.55. The smallest absolute Gasteiger partial charge is 0.253 e. The van der Waals surface area contributed by atoms with Crippen molar-refractivity contribution in [2.45, 2.75) is 19.9 Å². The van der Waals surface area contributed by atoms with Gasteiger partial charge in [-0.2, -0.15) is 0 Å². The summed E-state index contributed by atoms with van der Waals surface area (Å²) in [5.41, 5.74) is 1.58. The van der Waals surface area contributed by atoms with Crippen molar-refractivity contribution in [2.24, 2.45) is 0 Å². The lowest BCUT2D eigenvalue weighted by atomic mass is 10.1. The number of methoxy groups -OCH3 is 1. The van der Waals surface area contributed by atoms with Gasteiger partial charge in [0.25, 0.3) is 5.91 Å². The summed E-state index contributed by atoms with van der Waals surface area (Å²) < 4.78 is 5.16. The van der Waals surface area contributed by atoms with Crippen LogP contribution >= 0.6 is 0 Å². The van der Waals surface area contributed by atoms with Crippen LogP contribution in [-0.4, -0.2) is 24.0 Å². The highest BCUT2D eigenvalue weighted by atomic mass is 16.5. The second kappa shape index (κ2) is 4.49. The highest BCUT2D eigenvalue weighted by molar-refractivity contribution is 6.07. The molecule has 1 heterocycles. The van der Waals surface area contributed by atoms with Crippen molar-refractivity contribution in [2.75, 3.05) is 7.11 Å². The molecule has 0 radical (unpaired) electrons. The van der Waals surface area contributed by atoms with Crippen molar-refractivity contribution in [1.82, 2.24) is 10.3 Å². The molecule has 4 heteroatoms. The molecule has 4 nitrogen and oxygen atoms in total. The van der Waals surface area contributed by atoms with Crippen LogP contribution in [0.2, 0.25) is 0 Å². The van der Waals surface area contributed by atoms with Crippen molar-refractivity contribution in [1.29, 1.82) is 0 Å². The van der Waals surface area contributed by atoms with Gasteiger partial charge in [0.1, 0.15) is 5.75 Å². The van der Waals surface area contributed by atoms with Crippen molar-refractivity contribution in [3.8, 4) is 5.75 Å². The van der Waals surface area contributed by atoms with Gasteiger partial charge in [0, 0.05) is 23.1 Å². The van der Waals surface area contributed by atoms with E-state index in [1.807, 2.05) is 32.0 Å². The number of amides is 1. The molecule has 0 aliphatic carbocycles. The van der Waals surface area contributed by atoms with E-state index in [0.717, 1.165) is 16.7 Å². The Morgan fingerprint density at radius 2 is 2.18 bits per heavy atom. The molecule has 0 unspecified atom stereocenters. The second-order valence-corrected chi connectivity index (χ2v) is 4.24. The molecule has 0 saturated heterocycles. The Kier molecular flexibility index (Phi) is 3.04. The standard InChI is InChI=1S/C13H16N2O2/c1-8(2)15-13(16)11-7-14-12-5-4-9(17-3)6-10(11)12/h4-8,14H,1-3H3,(H,15,16). The minimum absolute atomic E-state index is 0.0699. The SMILES string of the molecule is COc1ccc2[nH]cc(C(=O)NC(C)C)c2c1. The van der Waals surface area contributed by atoms with Crippen LogP contribution < -0.4 is 10.1 Å². The summed E-state index contributed by atoms with van der Waals surface area (Å²) in [6.45, 7) is 3.88. The number of hydrogen-bond donors (Lipinski definition) is 2. The molecule has 2 rings (SSSR count). The van der Waals surface area contributed by atoms with Crippen LogP contribution in [0.15, 0.2) is 24.4 Å². The lowest BCUT2D eigenvalue weighted by Gasteiger charge is -2.07. The number of carbonyl (C=O) groups excluding carboxylic acids is 1. The number of aromatic amines is 1. The molecule has 2 aromatic rings. The lowest BCUT2D eigenvalue weighted by molar-refractivity contribution is 0.0945. The molecule has 1 amide bonds. The summed E-state index contributed by atoms with van der Waals surface area (Å²) in [5, 5.41) is 3.75. The first-order chi connectivity index (χ1) is 8.11. The predicted molar refractivity (Wildman–Crippen MR) is 67.5 cm³/mol. The topological polar surface area (TPSA) is 54.1 Å². The van der Waals surface area contributed by atoms with Crippen LogP contribution in [-0.2, 0) is 0 Å². The van der Waals surface area contributed by atoms with E-state index in [1.165, 1.54) is 0 Å². The van der Waals surface area contributed by atoms with Crippen LogP contribution in [0.5, 0.6) is 5.75 Å². The highest BCUT2D eigenvalue weighted by Gasteiger charge is 2.13. The summed E-state index contributed by atoms with van der Waals surface area (Å²) in [6, 6.07) is 5.75. The maximum Gasteiger partial charge on any atom is 0.253 e. The van der Waals surface area contributed by atoms with Gasteiger partial charge in [-0.25, -0.2) is 0 Å². The fourth-order valence-corrected chi connectivity index (χ4v) is 1.75. The summed E-state index contributed by atoms with van der Waals surface area (Å²) in [5.74, 6) is 0.676. The Morgan fingerprint density at radius 1 is 1.41 bits per heavy atom. The van der Waals surface area contributed by atoms with E-state index < -0.39 is 0 Å². The molecular formula is C13H16N2O2. The zero-order chi connectivity index (χ0) is 12.4. The Hall–Kier alpha value is -1.97. The van der Waals surface area contributed by atoms with Crippen LogP contribution in [0.25, 0.3) is 10.9 Å². The molecule has 1 aromatic heterocycles. The molecule has 1 aromatic carbocycles. The zero-order valence-corrected chi connectivity index (χ0v) is 10.2. The Balaban J connectivity index is 2.43. The zero-order valence-electron chi connectivity index (χ0n) is 10.2. The van der Waals surface area contributed by atoms with Crippen LogP contribution in [0.3, 0.4) is 0 Å². The van der Waals surface area contributed by atoms with E-state index in [1.54, 1.807) is 13.3 Å². The fourth-order valence-electron chi connectivity index (χ4n) is 1.75. The number of fused-ring (bicyclic) bond motifs is 1. The number of benzene rings is 1. The van der Waals surface area contributed by atoms with E-state index in [0.29, 0.717) is 5.56 Å². The number of aromatic nitrogens is 1. The predicted octanol–water partition coefficient (Wildman–Crippen LogP) is 2.31. The maximum absolute atomic E-state index is 12.0. The van der Waals surface area contributed by atoms with Gasteiger partial charge in [-0.3, -0.25) is 4.79 Å². The molecule has 90 valence electrons. The number of ether oxygens (including phenoxy) is 1. The van der Waals surface area contributed by atoms with Crippen molar-refractivity contribution in [3.63, 3.8) is 0 Å². The van der Waals surface area contributed by atoms with Gasteiger partial charge in [0.05, 0.1) is 12.7 Å². The second-order valence-electron chi connectivity index (χ2n) is 4.24. The van der Waals surface area contributed by atoms with E-state index in [2.05, 4.69) is 10.3 Å². The monoisotopic (exact) mass is 232 g/mol. The molecule has 2 N–H and O–H groups in total. The van der Waals surface area contributed by atoms with E-state index in [4.69, 9.17) is 4.74 Å². The number of rotatable bonds is 3. The number of nitrogens with one attached hydrogen (secondary N) is 2. The normalized spacial score (nSPS) is 10.8. The van der Waals surface area contributed by atoms with E-state index >= 15 is 0 Å². The average Bonchev–Trinajstić information content (AvgIpc) is 2.70. The van der Waals surface area contributed by atoms with Gasteiger partial charge in [0.15, 0.2) is 0 Å². The van der Waals surface area contributed by atoms with Crippen molar-refractivity contribution < 1.29 is 9.53 Å². The minimum atomic E-state index is -0.0699. The largest absolute Gasteiger partial charge is 0.497 e. The first-order valence-electron chi connectivity index (χ1n) is 5.58. The third-order valence-corrected chi connectivity index (χ3v) is 2.55. The van der Waals surface area contributed by atoms with Crippen LogP contribution in [0.4, 0.5) is 0 Å². The molecule has 0 saturated carbocycles. The first-order valence-corrected chi connectivity index (χ1v) is 5.58. The molecule has 0 aliphatic heterocycles. The van der Waals surface area contributed by atoms with Gasteiger partial charge < -0.3 is 15.0 Å². The Labute approximate surface area is 100.0 Å². The third kappa shape index (κ3) is 2.25. The van der Waals surface area contributed by atoms with Crippen molar-refractivity contribution >= 4 is 16.8 Å². The van der Waals surface area contributed by atoms with Gasteiger partial charge in [-0.05, 0) is 32.0 Å². The quantitative estimate of drug-likeness (QED) is 0.853. The average molecular weight is 232 g/mol. The van der Waals surface area contributed by atoms with Gasteiger partial charge >= 0.3 is 0 Å². The molecule has 17 heavy (non-hydrogen) atoms. The van der Waals surface area contributed by atoms with E-state index in [9.17, 15) is 4.79 Å². The molecule has 0 atom stereocenters. The Bertz CT molecular complexity index is 543. The van der Waals surface area contributed by atoms with Crippen molar-refractivity contribution in [3.05, 3.63) is 30.0 Å². The summed E-state index contributed by atoms with van der Waals surface area (Å²) in [6.07, 6.45) is 1.72. The fraction of sp³-hybridized carbons (Fsp3) is 0.308. The van der Waals surface area contributed by atoms with Crippen LogP contribution in [0, 0.1) is 0 Å². The molecular weight excluding hydrogens is 216 g/mol. The van der Waals surface area contributed by atoms with E-state index in [-0.39, 0.29) is 11.9 Å². The molecule has 0 fully saturated rings. The molecule has 0 bridgehead atoms. The van der Waals surface area contributed by atoms with Gasteiger partial charge in [0.2, 0.25) is 0 Å². The van der Waals surface area contributed by atoms with Gasteiger partial charge in [-0.1, -0.05) is 0 Å². The molecule has 0 spiro atoms. The maximum atomic E-state index is 12.0. The first kappa shape index (κ1) is 11.5. The number of carbonyl (C=O) groups is 1. The molecule has 0 aliphatic rings. The van der Waals surface area contributed by atoms with Gasteiger partial charge in [-0.15, -0.1) is 0 Å². The summed E-state index contributed by atoms with van der Waals surface area (Å²) >= 11 is 0.